The molecule has 2 aromatic carbocycles. The van der Waals surface area contributed by atoms with Crippen LogP contribution in [0.25, 0.3) is 5.76 Å². The first kappa shape index (κ1) is 20.5. The van der Waals surface area contributed by atoms with Gasteiger partial charge in [0.25, 0.3) is 11.7 Å². The molecule has 1 fully saturated rings. The van der Waals surface area contributed by atoms with E-state index in [1.165, 1.54) is 36.3 Å². The number of aliphatic hydroxyl groups excluding tert-OH is 1. The number of rotatable bonds is 6. The molecule has 0 spiro atoms. The van der Waals surface area contributed by atoms with Crippen molar-refractivity contribution in [2.75, 3.05) is 13.7 Å². The van der Waals surface area contributed by atoms with E-state index in [-0.39, 0.29) is 29.0 Å². The molecule has 2 aromatic rings. The van der Waals surface area contributed by atoms with Gasteiger partial charge in [-0.1, -0.05) is 31.5 Å². The molecule has 152 valence electrons. The Bertz CT molecular complexity index is 987. The van der Waals surface area contributed by atoms with Crippen LogP contribution in [0.2, 0.25) is 0 Å². The minimum atomic E-state index is -1.12. The number of amides is 1. The van der Waals surface area contributed by atoms with Gasteiger partial charge < -0.3 is 14.7 Å². The summed E-state index contributed by atoms with van der Waals surface area (Å²) < 4.78 is 33.6. The van der Waals surface area contributed by atoms with Gasteiger partial charge in [-0.15, -0.1) is 0 Å². The average Bonchev–Trinajstić information content (AvgIpc) is 2.96. The van der Waals surface area contributed by atoms with Crippen molar-refractivity contribution in [1.82, 2.24) is 4.90 Å². The van der Waals surface area contributed by atoms with Gasteiger partial charge in [-0.05, 0) is 30.7 Å². The fraction of sp³-hybridized carbons (Fsp3) is 0.273. The van der Waals surface area contributed by atoms with E-state index in [0.717, 1.165) is 18.6 Å². The highest BCUT2D eigenvalue weighted by molar-refractivity contribution is 6.46. The van der Waals surface area contributed by atoms with Crippen molar-refractivity contribution in [2.24, 2.45) is 0 Å². The lowest BCUT2D eigenvalue weighted by Gasteiger charge is -2.25. The van der Waals surface area contributed by atoms with Crippen LogP contribution < -0.4 is 4.74 Å². The molecule has 1 atom stereocenters. The Balaban J connectivity index is 2.25. The molecule has 1 amide bonds. The molecule has 1 unspecified atom stereocenters. The number of unbranched alkanes of at least 4 members (excludes halogenated alkanes) is 1. The van der Waals surface area contributed by atoms with E-state index in [9.17, 15) is 23.5 Å². The topological polar surface area (TPSA) is 66.8 Å². The van der Waals surface area contributed by atoms with E-state index in [1.807, 2.05) is 6.92 Å². The molecule has 1 saturated heterocycles. The van der Waals surface area contributed by atoms with Crippen LogP contribution in [0.15, 0.2) is 48.0 Å². The number of Topliss-reactive ketones (excluding diaryl/α,β-unsaturated/α-hetero) is 1. The SMILES string of the molecule is CCCCN1C(=O)C(=O)/C(=C(/O)c2cc(F)ccc2OC)C1c1ccccc1F. The Morgan fingerprint density at radius 2 is 1.90 bits per heavy atom. The second-order valence-electron chi connectivity index (χ2n) is 6.71. The van der Waals surface area contributed by atoms with Gasteiger partial charge in [-0.2, -0.15) is 0 Å². The molecule has 1 aliphatic heterocycles. The van der Waals surface area contributed by atoms with Gasteiger partial charge in [0.2, 0.25) is 0 Å². The Labute approximate surface area is 167 Å². The molecule has 5 nitrogen and oxygen atoms in total. The largest absolute Gasteiger partial charge is 0.507 e. The van der Waals surface area contributed by atoms with Crippen LogP contribution in [0.4, 0.5) is 8.78 Å². The highest BCUT2D eigenvalue weighted by Crippen LogP contribution is 2.41. The number of carbonyl (C=O) groups is 2. The number of ketones is 1. The minimum Gasteiger partial charge on any atom is -0.507 e. The smallest absolute Gasteiger partial charge is 0.295 e. The number of halogens is 2. The van der Waals surface area contributed by atoms with E-state index in [0.29, 0.717) is 6.42 Å². The molecule has 1 aliphatic rings. The maximum absolute atomic E-state index is 14.6. The second kappa shape index (κ2) is 8.43. The van der Waals surface area contributed by atoms with Crippen molar-refractivity contribution in [3.63, 3.8) is 0 Å². The van der Waals surface area contributed by atoms with E-state index < -0.39 is 35.1 Å². The van der Waals surface area contributed by atoms with E-state index in [2.05, 4.69) is 0 Å². The first-order chi connectivity index (χ1) is 13.9. The molecule has 0 bridgehead atoms. The molecule has 0 radical (unpaired) electrons. The number of carbonyl (C=O) groups excluding carboxylic acids is 2. The zero-order valence-electron chi connectivity index (χ0n) is 16.1. The molecule has 7 heteroatoms. The van der Waals surface area contributed by atoms with Gasteiger partial charge in [0.05, 0.1) is 24.3 Å². The van der Waals surface area contributed by atoms with Gasteiger partial charge in [0.15, 0.2) is 0 Å². The van der Waals surface area contributed by atoms with Gasteiger partial charge in [0, 0.05) is 12.1 Å². The predicted molar refractivity (Wildman–Crippen MR) is 103 cm³/mol. The first-order valence-corrected chi connectivity index (χ1v) is 9.27. The third-order valence-electron chi connectivity index (χ3n) is 4.91. The quantitative estimate of drug-likeness (QED) is 0.448. The third kappa shape index (κ3) is 3.72. The monoisotopic (exact) mass is 401 g/mol. The molecule has 1 N–H and O–H groups in total. The highest BCUT2D eigenvalue weighted by Gasteiger charge is 2.46. The fourth-order valence-corrected chi connectivity index (χ4v) is 3.47. The zero-order valence-corrected chi connectivity index (χ0v) is 16.1. The lowest BCUT2D eigenvalue weighted by atomic mass is 9.94. The first-order valence-electron chi connectivity index (χ1n) is 9.27. The molecule has 3 rings (SSSR count). The molecule has 0 aromatic heterocycles. The summed E-state index contributed by atoms with van der Waals surface area (Å²) in [5.74, 6) is -3.53. The summed E-state index contributed by atoms with van der Waals surface area (Å²) in [6.45, 7) is 2.14. The number of likely N-dealkylation sites (tertiary alicyclic amines) is 1. The number of hydrogen-bond donors (Lipinski definition) is 1. The number of aliphatic hydroxyl groups is 1. The van der Waals surface area contributed by atoms with E-state index >= 15 is 0 Å². The molecular weight excluding hydrogens is 380 g/mol. The normalized spacial score (nSPS) is 18.3. The standard InChI is InChI=1S/C22H21F2NO4/c1-3-4-11-25-19(14-7-5-6-8-16(14)24)18(21(27)22(25)28)20(26)15-12-13(23)9-10-17(15)29-2/h5-10,12,19,26H,3-4,11H2,1-2H3/b20-18+. The van der Waals surface area contributed by atoms with Crippen LogP contribution in [-0.2, 0) is 9.59 Å². The third-order valence-corrected chi connectivity index (χ3v) is 4.91. The summed E-state index contributed by atoms with van der Waals surface area (Å²) in [6, 6.07) is 8.09. The zero-order chi connectivity index (χ0) is 21.1. The van der Waals surface area contributed by atoms with Crippen LogP contribution in [-0.4, -0.2) is 35.4 Å². The van der Waals surface area contributed by atoms with Gasteiger partial charge in [-0.3, -0.25) is 9.59 Å². The van der Waals surface area contributed by atoms with Crippen LogP contribution >= 0.6 is 0 Å². The summed E-state index contributed by atoms with van der Waals surface area (Å²) in [5, 5.41) is 10.9. The average molecular weight is 401 g/mol. The van der Waals surface area contributed by atoms with Crippen molar-refractivity contribution in [3.05, 3.63) is 70.8 Å². The second-order valence-corrected chi connectivity index (χ2v) is 6.71. The molecule has 0 saturated carbocycles. The Hall–Kier alpha value is -3.22. The minimum absolute atomic E-state index is 0.0812. The van der Waals surface area contributed by atoms with Gasteiger partial charge >= 0.3 is 0 Å². The Morgan fingerprint density at radius 3 is 2.55 bits per heavy atom. The summed E-state index contributed by atoms with van der Waals surface area (Å²) >= 11 is 0. The van der Waals surface area contributed by atoms with Gasteiger partial charge in [-0.25, -0.2) is 8.78 Å². The molecule has 29 heavy (non-hydrogen) atoms. The van der Waals surface area contributed by atoms with Crippen molar-refractivity contribution in [3.8, 4) is 5.75 Å². The Kier molecular flexibility index (Phi) is 5.96. The van der Waals surface area contributed by atoms with Crippen LogP contribution in [0.3, 0.4) is 0 Å². The van der Waals surface area contributed by atoms with E-state index in [1.54, 1.807) is 6.07 Å². The predicted octanol–water partition coefficient (Wildman–Crippen LogP) is 4.20. The lowest BCUT2D eigenvalue weighted by molar-refractivity contribution is -0.139. The number of ether oxygens (including phenoxy) is 1. The summed E-state index contributed by atoms with van der Waals surface area (Å²) in [5.41, 5.74) is -0.290. The number of benzene rings is 2. The summed E-state index contributed by atoms with van der Waals surface area (Å²) in [4.78, 5) is 26.7. The maximum atomic E-state index is 14.6. The van der Waals surface area contributed by atoms with Crippen molar-refractivity contribution < 1.29 is 28.2 Å². The van der Waals surface area contributed by atoms with Crippen LogP contribution in [0, 0.1) is 11.6 Å². The highest BCUT2D eigenvalue weighted by atomic mass is 19.1. The molecule has 1 heterocycles. The number of methoxy groups -OCH3 is 1. The van der Waals surface area contributed by atoms with Crippen LogP contribution in [0.1, 0.15) is 36.9 Å². The van der Waals surface area contributed by atoms with Gasteiger partial charge in [0.1, 0.15) is 23.1 Å². The van der Waals surface area contributed by atoms with Crippen molar-refractivity contribution in [2.45, 2.75) is 25.8 Å². The van der Waals surface area contributed by atoms with Crippen LogP contribution in [0.5, 0.6) is 5.75 Å². The molecular formula is C22H21F2NO4. The van der Waals surface area contributed by atoms with E-state index in [4.69, 9.17) is 4.74 Å². The molecule has 0 aliphatic carbocycles. The Morgan fingerprint density at radius 1 is 1.17 bits per heavy atom. The number of hydrogen-bond acceptors (Lipinski definition) is 4. The van der Waals surface area contributed by atoms with Crippen molar-refractivity contribution in [1.29, 1.82) is 0 Å². The maximum Gasteiger partial charge on any atom is 0.295 e. The number of nitrogens with zero attached hydrogens (tertiary/aromatic N) is 1. The fourth-order valence-electron chi connectivity index (χ4n) is 3.47. The summed E-state index contributed by atoms with van der Waals surface area (Å²) in [6.07, 6.45) is 1.35. The van der Waals surface area contributed by atoms with Crippen molar-refractivity contribution >= 4 is 17.4 Å². The summed E-state index contributed by atoms with van der Waals surface area (Å²) in [7, 11) is 1.33. The lowest BCUT2D eigenvalue weighted by Crippen LogP contribution is -2.31.